The first-order chi connectivity index (χ1) is 9.25. The molecule has 0 radical (unpaired) electrons. The summed E-state index contributed by atoms with van der Waals surface area (Å²) < 4.78 is 6.25. The molecule has 0 saturated carbocycles. The summed E-state index contributed by atoms with van der Waals surface area (Å²) in [4.78, 5) is 0. The van der Waals surface area contributed by atoms with Gasteiger partial charge in [0, 0.05) is 5.41 Å². The van der Waals surface area contributed by atoms with E-state index in [4.69, 9.17) is 4.74 Å². The third-order valence-corrected chi connectivity index (χ3v) is 5.00. The van der Waals surface area contributed by atoms with E-state index < -0.39 is 0 Å². The maximum atomic E-state index is 6.25. The van der Waals surface area contributed by atoms with Crippen molar-refractivity contribution in [2.45, 2.75) is 30.8 Å². The average Bonchev–Trinajstić information content (AvgIpc) is 2.49. The Bertz CT molecular complexity index is 607. The Hall–Kier alpha value is -1.60. The molecule has 0 aromatic heterocycles. The van der Waals surface area contributed by atoms with Gasteiger partial charge in [0.1, 0.15) is 0 Å². The lowest BCUT2D eigenvalue weighted by molar-refractivity contribution is -0.114. The molecule has 96 valence electrons. The summed E-state index contributed by atoms with van der Waals surface area (Å²) in [7, 11) is 0. The number of ether oxygens (including phenoxy) is 1. The second kappa shape index (κ2) is 3.71. The van der Waals surface area contributed by atoms with Crippen LogP contribution in [0.1, 0.15) is 36.5 Å². The van der Waals surface area contributed by atoms with Crippen LogP contribution in [0.25, 0.3) is 0 Å². The van der Waals surface area contributed by atoms with E-state index in [1.807, 2.05) is 0 Å². The largest absolute Gasteiger partial charge is 0.369 e. The Morgan fingerprint density at radius 2 is 1.53 bits per heavy atom. The summed E-state index contributed by atoms with van der Waals surface area (Å²) >= 11 is 0. The van der Waals surface area contributed by atoms with Crippen molar-refractivity contribution in [2.75, 3.05) is 6.61 Å². The van der Waals surface area contributed by atoms with Crippen molar-refractivity contribution in [3.63, 3.8) is 0 Å². The molecule has 1 aliphatic carbocycles. The highest BCUT2D eigenvalue weighted by Gasteiger charge is 2.51. The van der Waals surface area contributed by atoms with E-state index in [2.05, 4.69) is 61.5 Å². The van der Waals surface area contributed by atoms with Crippen LogP contribution in [0.15, 0.2) is 54.6 Å². The molecule has 5 rings (SSSR count). The third-order valence-electron chi connectivity index (χ3n) is 5.00. The molecular weight excluding hydrogens is 232 g/mol. The highest BCUT2D eigenvalue weighted by molar-refractivity contribution is 5.50. The summed E-state index contributed by atoms with van der Waals surface area (Å²) in [6, 6.07) is 19.7. The summed E-state index contributed by atoms with van der Waals surface area (Å²) in [5.41, 5.74) is 4.24. The fourth-order valence-electron chi connectivity index (χ4n) is 3.81. The molecular formula is C18H18O. The van der Waals surface area contributed by atoms with Gasteiger partial charge in [0.2, 0.25) is 0 Å². The van der Waals surface area contributed by atoms with Crippen molar-refractivity contribution in [3.05, 3.63) is 71.3 Å². The monoisotopic (exact) mass is 250 g/mol. The van der Waals surface area contributed by atoms with E-state index in [-0.39, 0.29) is 11.0 Å². The summed E-state index contributed by atoms with van der Waals surface area (Å²) in [6.07, 6.45) is 2.30. The van der Waals surface area contributed by atoms with Crippen LogP contribution in [-0.4, -0.2) is 6.61 Å². The Labute approximate surface area is 114 Å². The standard InChI is InChI=1S/C18H18O/c1-17-11-12-18(13-19-17,14-7-3-2-4-8-14)16-10-6-5-9-15(16)17/h2-10H,11-13H2,1H3/t17-,18-/m0/s1. The number of benzene rings is 2. The van der Waals surface area contributed by atoms with Crippen molar-refractivity contribution < 1.29 is 4.74 Å². The Morgan fingerprint density at radius 1 is 0.842 bits per heavy atom. The Balaban J connectivity index is 1.99. The quantitative estimate of drug-likeness (QED) is 0.743. The van der Waals surface area contributed by atoms with Crippen LogP contribution >= 0.6 is 0 Å². The predicted molar refractivity (Wildman–Crippen MR) is 76.2 cm³/mol. The molecule has 3 aliphatic rings. The minimum Gasteiger partial charge on any atom is -0.369 e. The van der Waals surface area contributed by atoms with Gasteiger partial charge in [-0.1, -0.05) is 54.6 Å². The van der Waals surface area contributed by atoms with Gasteiger partial charge in [0.05, 0.1) is 12.2 Å². The van der Waals surface area contributed by atoms with Gasteiger partial charge >= 0.3 is 0 Å². The molecule has 0 unspecified atom stereocenters. The molecule has 19 heavy (non-hydrogen) atoms. The lowest BCUT2D eigenvalue weighted by Crippen LogP contribution is -2.51. The van der Waals surface area contributed by atoms with Gasteiger partial charge in [-0.05, 0) is 36.5 Å². The van der Waals surface area contributed by atoms with Crippen LogP contribution in [-0.2, 0) is 15.8 Å². The van der Waals surface area contributed by atoms with Gasteiger partial charge in [0.15, 0.2) is 0 Å². The van der Waals surface area contributed by atoms with Crippen LogP contribution in [0, 0.1) is 0 Å². The lowest BCUT2D eigenvalue weighted by atomic mass is 9.60. The van der Waals surface area contributed by atoms with Gasteiger partial charge in [-0.15, -0.1) is 0 Å². The molecule has 0 spiro atoms. The van der Waals surface area contributed by atoms with Crippen LogP contribution < -0.4 is 0 Å². The van der Waals surface area contributed by atoms with E-state index in [0.717, 1.165) is 13.0 Å². The van der Waals surface area contributed by atoms with Crippen LogP contribution in [0.5, 0.6) is 0 Å². The number of fused-ring (bicyclic) bond motifs is 2. The molecule has 2 heterocycles. The normalized spacial score (nSPS) is 32.1. The van der Waals surface area contributed by atoms with Crippen molar-refractivity contribution in [2.24, 2.45) is 0 Å². The van der Waals surface area contributed by atoms with Crippen LogP contribution in [0.2, 0.25) is 0 Å². The maximum Gasteiger partial charge on any atom is 0.0907 e. The minimum atomic E-state index is -0.0763. The highest BCUT2D eigenvalue weighted by Crippen LogP contribution is 2.54. The Kier molecular flexibility index (Phi) is 2.19. The van der Waals surface area contributed by atoms with E-state index in [9.17, 15) is 0 Å². The zero-order chi connectivity index (χ0) is 12.9. The first-order valence-electron chi connectivity index (χ1n) is 7.04. The highest BCUT2D eigenvalue weighted by atomic mass is 16.5. The average molecular weight is 250 g/mol. The van der Waals surface area contributed by atoms with Crippen LogP contribution in [0.4, 0.5) is 0 Å². The lowest BCUT2D eigenvalue weighted by Gasteiger charge is -2.53. The van der Waals surface area contributed by atoms with Gasteiger partial charge in [0.25, 0.3) is 0 Å². The summed E-state index contributed by atoms with van der Waals surface area (Å²) in [5, 5.41) is 0. The van der Waals surface area contributed by atoms with Gasteiger partial charge in [-0.25, -0.2) is 0 Å². The van der Waals surface area contributed by atoms with Crippen molar-refractivity contribution in [1.29, 1.82) is 0 Å². The van der Waals surface area contributed by atoms with Crippen molar-refractivity contribution in [1.82, 2.24) is 0 Å². The number of rotatable bonds is 1. The van der Waals surface area contributed by atoms with E-state index in [0.29, 0.717) is 0 Å². The molecule has 1 nitrogen and oxygen atoms in total. The SMILES string of the molecule is C[C@@]12CC[C@@](c3ccccc3)(CO1)c1ccccc12. The molecule has 2 bridgehead atoms. The number of hydrogen-bond donors (Lipinski definition) is 0. The molecule has 1 fully saturated rings. The fraction of sp³-hybridized carbons (Fsp3) is 0.333. The van der Waals surface area contributed by atoms with Gasteiger partial charge in [-0.3, -0.25) is 0 Å². The smallest absolute Gasteiger partial charge is 0.0907 e. The molecule has 0 amide bonds. The number of hydrogen-bond acceptors (Lipinski definition) is 1. The minimum absolute atomic E-state index is 0.0651. The molecule has 0 N–H and O–H groups in total. The summed E-state index contributed by atoms with van der Waals surface area (Å²) in [6.45, 7) is 3.05. The van der Waals surface area contributed by atoms with E-state index >= 15 is 0 Å². The first-order valence-corrected chi connectivity index (χ1v) is 7.04. The third kappa shape index (κ3) is 1.39. The van der Waals surface area contributed by atoms with Gasteiger partial charge < -0.3 is 4.74 Å². The molecule has 2 aromatic rings. The zero-order valence-electron chi connectivity index (χ0n) is 11.2. The zero-order valence-corrected chi connectivity index (χ0v) is 11.2. The first kappa shape index (κ1) is 11.2. The predicted octanol–water partition coefficient (Wildman–Crippen LogP) is 4.01. The molecule has 2 aliphatic heterocycles. The second-order valence-corrected chi connectivity index (χ2v) is 6.01. The van der Waals surface area contributed by atoms with E-state index in [1.54, 1.807) is 0 Å². The summed E-state index contributed by atoms with van der Waals surface area (Å²) in [5.74, 6) is 0. The molecule has 2 aromatic carbocycles. The molecule has 1 saturated heterocycles. The Morgan fingerprint density at radius 3 is 2.21 bits per heavy atom. The second-order valence-electron chi connectivity index (χ2n) is 6.01. The molecule has 1 heteroatoms. The van der Waals surface area contributed by atoms with Crippen molar-refractivity contribution in [3.8, 4) is 0 Å². The van der Waals surface area contributed by atoms with Gasteiger partial charge in [-0.2, -0.15) is 0 Å². The van der Waals surface area contributed by atoms with Crippen LogP contribution in [0.3, 0.4) is 0 Å². The molecule has 2 atom stereocenters. The fourth-order valence-corrected chi connectivity index (χ4v) is 3.81. The van der Waals surface area contributed by atoms with Crippen molar-refractivity contribution >= 4 is 0 Å². The maximum absolute atomic E-state index is 6.25. The topological polar surface area (TPSA) is 9.23 Å². The van der Waals surface area contributed by atoms with E-state index in [1.165, 1.54) is 23.1 Å².